The van der Waals surface area contributed by atoms with Crippen molar-refractivity contribution in [3.63, 3.8) is 0 Å². The van der Waals surface area contributed by atoms with Crippen molar-refractivity contribution < 1.29 is 33.0 Å². The highest BCUT2D eigenvalue weighted by Gasteiger charge is 2.43. The summed E-state index contributed by atoms with van der Waals surface area (Å²) in [7, 11) is 1.61. The van der Waals surface area contributed by atoms with Crippen molar-refractivity contribution in [1.82, 2.24) is 5.32 Å². The van der Waals surface area contributed by atoms with Gasteiger partial charge in [-0.05, 0) is 69.9 Å². The molecule has 0 radical (unpaired) electrons. The first-order chi connectivity index (χ1) is 17.9. The number of dihydropyridines is 1. The van der Waals surface area contributed by atoms with Gasteiger partial charge in [0.05, 0.1) is 31.8 Å². The third kappa shape index (κ3) is 5.59. The van der Waals surface area contributed by atoms with Gasteiger partial charge in [-0.25, -0.2) is 4.79 Å². The molecule has 0 saturated heterocycles. The van der Waals surface area contributed by atoms with E-state index in [4.69, 9.17) is 23.4 Å². The van der Waals surface area contributed by atoms with E-state index in [1.807, 2.05) is 58.0 Å². The lowest BCUT2D eigenvalue weighted by Gasteiger charge is -2.35. The second-order valence-electron chi connectivity index (χ2n) is 9.14. The molecule has 8 heteroatoms. The Balaban J connectivity index is 1.67. The number of allylic oxidation sites excluding steroid dienone is 3. The first kappa shape index (κ1) is 26.5. The summed E-state index contributed by atoms with van der Waals surface area (Å²) in [4.78, 5) is 26.9. The van der Waals surface area contributed by atoms with Crippen LogP contribution in [0, 0.1) is 6.92 Å². The fourth-order valence-electron chi connectivity index (χ4n) is 5.07. The van der Waals surface area contributed by atoms with E-state index < -0.39 is 11.9 Å². The molecule has 37 heavy (non-hydrogen) atoms. The smallest absolute Gasteiger partial charge is 0.336 e. The van der Waals surface area contributed by atoms with E-state index in [0.29, 0.717) is 72.5 Å². The number of ether oxygens (including phenoxy) is 4. The number of aryl methyl sites for hydroxylation is 1. The molecule has 4 rings (SSSR count). The summed E-state index contributed by atoms with van der Waals surface area (Å²) in [6, 6.07) is 9.47. The van der Waals surface area contributed by atoms with Gasteiger partial charge in [0.25, 0.3) is 0 Å². The molecule has 1 aromatic carbocycles. The number of Topliss-reactive ketones (excluding diaryl/α,β-unsaturated/α-hetero) is 1. The topological polar surface area (TPSA) is 96.2 Å². The zero-order valence-corrected chi connectivity index (χ0v) is 22.1. The van der Waals surface area contributed by atoms with Crippen LogP contribution in [-0.2, 0) is 19.1 Å². The number of carbonyl (C=O) groups excluding carboxylic acids is 2. The monoisotopic (exact) mass is 509 g/mol. The summed E-state index contributed by atoms with van der Waals surface area (Å²) in [6.07, 6.45) is 0.915. The SMILES string of the molecule is CCOCCOC(=O)C1=C(C)NC2=C(C(=O)C[C@H](c3ccc(OCC)c(OC)c3)C2)[C@H]1c1ccc(C)o1. The molecule has 0 unspecified atom stereocenters. The minimum atomic E-state index is -0.632. The predicted molar refractivity (Wildman–Crippen MR) is 138 cm³/mol. The van der Waals surface area contributed by atoms with Gasteiger partial charge in [0, 0.05) is 30.0 Å². The summed E-state index contributed by atoms with van der Waals surface area (Å²) in [5, 5.41) is 3.36. The van der Waals surface area contributed by atoms with Crippen molar-refractivity contribution in [3.8, 4) is 11.5 Å². The van der Waals surface area contributed by atoms with E-state index in [9.17, 15) is 9.59 Å². The Kier molecular flexibility index (Phi) is 8.38. The molecule has 0 spiro atoms. The second-order valence-corrected chi connectivity index (χ2v) is 9.14. The standard InChI is InChI=1S/C29H35NO7/c1-6-34-12-13-36-29(32)26-18(4)30-21-14-20(19-9-11-23(35-7-2)25(16-19)33-5)15-22(31)27(21)28(26)24-10-8-17(3)37-24/h8-11,16,20,28,30H,6-7,12-15H2,1-5H3/t20-,28+/m1/s1. The summed E-state index contributed by atoms with van der Waals surface area (Å²) >= 11 is 0. The predicted octanol–water partition coefficient (Wildman–Crippen LogP) is 4.94. The van der Waals surface area contributed by atoms with Crippen molar-refractivity contribution in [2.24, 2.45) is 0 Å². The Bertz CT molecular complexity index is 1220. The number of nitrogens with one attached hydrogen (secondary N) is 1. The molecule has 1 aliphatic carbocycles. The Morgan fingerprint density at radius 3 is 2.54 bits per heavy atom. The number of ketones is 1. The molecular formula is C29H35NO7. The molecular weight excluding hydrogens is 474 g/mol. The number of carbonyl (C=O) groups is 2. The van der Waals surface area contributed by atoms with Gasteiger partial charge in [0.1, 0.15) is 18.1 Å². The largest absolute Gasteiger partial charge is 0.493 e. The lowest BCUT2D eigenvalue weighted by atomic mass is 9.73. The molecule has 2 aromatic rings. The zero-order chi connectivity index (χ0) is 26.5. The van der Waals surface area contributed by atoms with Crippen LogP contribution in [0.15, 0.2) is 57.3 Å². The van der Waals surface area contributed by atoms with Gasteiger partial charge in [-0.3, -0.25) is 4.79 Å². The highest BCUT2D eigenvalue weighted by molar-refractivity contribution is 6.04. The number of rotatable bonds is 10. The molecule has 0 bridgehead atoms. The number of methoxy groups -OCH3 is 1. The summed E-state index contributed by atoms with van der Waals surface area (Å²) in [5.41, 5.74) is 3.40. The molecule has 0 fully saturated rings. The maximum Gasteiger partial charge on any atom is 0.336 e. The van der Waals surface area contributed by atoms with Crippen LogP contribution in [-0.4, -0.2) is 45.3 Å². The Morgan fingerprint density at radius 1 is 1.05 bits per heavy atom. The van der Waals surface area contributed by atoms with Crippen LogP contribution in [0.3, 0.4) is 0 Å². The molecule has 0 amide bonds. The maximum atomic E-state index is 13.7. The van der Waals surface area contributed by atoms with Crippen LogP contribution < -0.4 is 14.8 Å². The van der Waals surface area contributed by atoms with E-state index in [-0.39, 0.29) is 18.3 Å². The molecule has 0 saturated carbocycles. The third-order valence-corrected chi connectivity index (χ3v) is 6.72. The number of benzene rings is 1. The molecule has 1 aliphatic heterocycles. The molecule has 1 N–H and O–H groups in total. The number of hydrogen-bond donors (Lipinski definition) is 1. The van der Waals surface area contributed by atoms with Crippen molar-refractivity contribution in [1.29, 1.82) is 0 Å². The minimum absolute atomic E-state index is 0.0298. The second kappa shape index (κ2) is 11.7. The van der Waals surface area contributed by atoms with Crippen molar-refractivity contribution >= 4 is 11.8 Å². The van der Waals surface area contributed by atoms with Crippen molar-refractivity contribution in [3.05, 3.63) is 70.0 Å². The van der Waals surface area contributed by atoms with Gasteiger partial charge in [0.2, 0.25) is 0 Å². The van der Waals surface area contributed by atoms with E-state index in [1.165, 1.54) is 0 Å². The van der Waals surface area contributed by atoms with Crippen LogP contribution in [0.4, 0.5) is 0 Å². The zero-order valence-electron chi connectivity index (χ0n) is 22.1. The summed E-state index contributed by atoms with van der Waals surface area (Å²) < 4.78 is 27.9. The molecule has 1 aromatic heterocycles. The lowest BCUT2D eigenvalue weighted by molar-refractivity contribution is -0.141. The number of furan rings is 1. The van der Waals surface area contributed by atoms with Gasteiger partial charge in [-0.15, -0.1) is 0 Å². The lowest BCUT2D eigenvalue weighted by Crippen LogP contribution is -2.36. The van der Waals surface area contributed by atoms with Gasteiger partial charge >= 0.3 is 5.97 Å². The highest BCUT2D eigenvalue weighted by atomic mass is 16.6. The molecule has 198 valence electrons. The Labute approximate surface area is 217 Å². The Hall–Kier alpha value is -3.52. The quantitative estimate of drug-likeness (QED) is 0.356. The molecule has 2 heterocycles. The van der Waals surface area contributed by atoms with Gasteiger partial charge < -0.3 is 28.7 Å². The normalized spacial score (nSPS) is 19.4. The minimum Gasteiger partial charge on any atom is -0.493 e. The van der Waals surface area contributed by atoms with E-state index in [1.54, 1.807) is 7.11 Å². The van der Waals surface area contributed by atoms with Crippen LogP contribution >= 0.6 is 0 Å². The first-order valence-electron chi connectivity index (χ1n) is 12.7. The first-order valence-corrected chi connectivity index (χ1v) is 12.7. The van der Waals surface area contributed by atoms with E-state index in [2.05, 4.69) is 5.32 Å². The average molecular weight is 510 g/mol. The van der Waals surface area contributed by atoms with Crippen LogP contribution in [0.5, 0.6) is 11.5 Å². The van der Waals surface area contributed by atoms with Gasteiger partial charge in [0.15, 0.2) is 17.3 Å². The molecule has 8 nitrogen and oxygen atoms in total. The maximum absolute atomic E-state index is 13.7. The van der Waals surface area contributed by atoms with Crippen LogP contribution in [0.25, 0.3) is 0 Å². The van der Waals surface area contributed by atoms with Gasteiger partial charge in [-0.2, -0.15) is 0 Å². The van der Waals surface area contributed by atoms with Crippen LogP contribution in [0.2, 0.25) is 0 Å². The number of hydrogen-bond acceptors (Lipinski definition) is 8. The average Bonchev–Trinajstić information content (AvgIpc) is 3.31. The Morgan fingerprint density at radius 2 is 1.86 bits per heavy atom. The van der Waals surface area contributed by atoms with Crippen molar-refractivity contribution in [2.45, 2.75) is 52.4 Å². The number of esters is 1. The fraction of sp³-hybridized carbons (Fsp3) is 0.448. The molecule has 2 aliphatic rings. The van der Waals surface area contributed by atoms with E-state index in [0.717, 1.165) is 11.3 Å². The van der Waals surface area contributed by atoms with Gasteiger partial charge in [-0.1, -0.05) is 6.07 Å². The summed E-state index contributed by atoms with van der Waals surface area (Å²) in [5.74, 6) is 1.38. The highest BCUT2D eigenvalue weighted by Crippen LogP contribution is 2.46. The summed E-state index contributed by atoms with van der Waals surface area (Å²) in [6.45, 7) is 9.00. The third-order valence-electron chi connectivity index (χ3n) is 6.72. The van der Waals surface area contributed by atoms with Crippen molar-refractivity contribution in [2.75, 3.05) is 33.5 Å². The molecule has 2 atom stereocenters. The fourth-order valence-corrected chi connectivity index (χ4v) is 5.07. The van der Waals surface area contributed by atoms with Crippen LogP contribution in [0.1, 0.15) is 62.5 Å². The van der Waals surface area contributed by atoms with E-state index >= 15 is 0 Å².